The van der Waals surface area contributed by atoms with Gasteiger partial charge in [-0.25, -0.2) is 4.98 Å². The first-order valence-corrected chi connectivity index (χ1v) is 11.1. The standard InChI is InChI=1S/C19H21Cl2N5O2S/c20-14-4-3-13(9-15(14)21)23-19-24-16(11-29-19)18(28)26-7-5-25(6-8-26)10-17(27)22-12-1-2-12/h3-4,9,11-12H,1-2,5-8,10H2,(H,22,27)(H,23,24). The molecule has 0 bridgehead atoms. The van der Waals surface area contributed by atoms with Gasteiger partial charge < -0.3 is 15.5 Å². The van der Waals surface area contributed by atoms with Crippen LogP contribution in [0.4, 0.5) is 10.8 Å². The summed E-state index contributed by atoms with van der Waals surface area (Å²) in [5, 5.41) is 9.43. The zero-order chi connectivity index (χ0) is 20.4. The van der Waals surface area contributed by atoms with Crippen LogP contribution in [0.2, 0.25) is 10.0 Å². The Bertz CT molecular complexity index is 910. The molecule has 1 aliphatic carbocycles. The highest BCUT2D eigenvalue weighted by atomic mass is 35.5. The molecule has 2 fully saturated rings. The van der Waals surface area contributed by atoms with Gasteiger partial charge in [-0.2, -0.15) is 0 Å². The van der Waals surface area contributed by atoms with Gasteiger partial charge in [-0.15, -0.1) is 11.3 Å². The number of thiazole rings is 1. The molecule has 2 amide bonds. The van der Waals surface area contributed by atoms with Gasteiger partial charge in [0.25, 0.3) is 5.91 Å². The van der Waals surface area contributed by atoms with Crippen LogP contribution in [-0.2, 0) is 4.79 Å². The Hall–Kier alpha value is -1.87. The van der Waals surface area contributed by atoms with Crippen LogP contribution >= 0.6 is 34.5 Å². The van der Waals surface area contributed by atoms with E-state index in [4.69, 9.17) is 23.2 Å². The van der Waals surface area contributed by atoms with Crippen LogP contribution in [0.1, 0.15) is 23.3 Å². The van der Waals surface area contributed by atoms with Crippen LogP contribution in [0.15, 0.2) is 23.6 Å². The van der Waals surface area contributed by atoms with Crippen molar-refractivity contribution in [3.05, 3.63) is 39.3 Å². The largest absolute Gasteiger partial charge is 0.352 e. The van der Waals surface area contributed by atoms with Crippen molar-refractivity contribution < 1.29 is 9.59 Å². The SMILES string of the molecule is O=C(CN1CCN(C(=O)c2csc(Nc3ccc(Cl)c(Cl)c3)n2)CC1)NC1CC1. The summed E-state index contributed by atoms with van der Waals surface area (Å²) in [6, 6.07) is 5.60. The van der Waals surface area contributed by atoms with Gasteiger partial charge in [-0.3, -0.25) is 14.5 Å². The summed E-state index contributed by atoms with van der Waals surface area (Å²) in [5.74, 6) is -0.0182. The smallest absolute Gasteiger partial charge is 0.273 e. The van der Waals surface area contributed by atoms with E-state index in [2.05, 4.69) is 20.5 Å². The zero-order valence-corrected chi connectivity index (χ0v) is 18.0. The van der Waals surface area contributed by atoms with E-state index in [0.717, 1.165) is 18.5 Å². The Morgan fingerprint density at radius 1 is 1.14 bits per heavy atom. The van der Waals surface area contributed by atoms with Crippen molar-refractivity contribution in [3.8, 4) is 0 Å². The molecule has 1 aromatic carbocycles. The summed E-state index contributed by atoms with van der Waals surface area (Å²) in [5.41, 5.74) is 1.17. The van der Waals surface area contributed by atoms with Crippen LogP contribution < -0.4 is 10.6 Å². The van der Waals surface area contributed by atoms with Crippen molar-refractivity contribution in [2.45, 2.75) is 18.9 Å². The fourth-order valence-corrected chi connectivity index (χ4v) is 4.10. The third-order valence-electron chi connectivity index (χ3n) is 4.86. The van der Waals surface area contributed by atoms with Gasteiger partial charge in [0.1, 0.15) is 5.69 Å². The molecule has 29 heavy (non-hydrogen) atoms. The van der Waals surface area contributed by atoms with Crippen LogP contribution in [0, 0.1) is 0 Å². The van der Waals surface area contributed by atoms with Gasteiger partial charge in [-0.1, -0.05) is 23.2 Å². The van der Waals surface area contributed by atoms with Crippen LogP contribution in [0.25, 0.3) is 0 Å². The summed E-state index contributed by atoms with van der Waals surface area (Å²) in [7, 11) is 0. The maximum absolute atomic E-state index is 12.8. The predicted molar refractivity (Wildman–Crippen MR) is 115 cm³/mol. The van der Waals surface area contributed by atoms with Gasteiger partial charge in [0, 0.05) is 43.3 Å². The van der Waals surface area contributed by atoms with Crippen LogP contribution in [0.3, 0.4) is 0 Å². The number of hydrogen-bond acceptors (Lipinski definition) is 6. The number of carbonyl (C=O) groups is 2. The highest BCUT2D eigenvalue weighted by molar-refractivity contribution is 7.14. The summed E-state index contributed by atoms with van der Waals surface area (Å²) < 4.78 is 0. The Kier molecular flexibility index (Phi) is 6.24. The van der Waals surface area contributed by atoms with Crippen molar-refractivity contribution in [1.29, 1.82) is 0 Å². The van der Waals surface area contributed by atoms with E-state index in [0.29, 0.717) is 59.6 Å². The summed E-state index contributed by atoms with van der Waals surface area (Å²) in [6.45, 7) is 2.93. The molecule has 2 aromatic rings. The van der Waals surface area contributed by atoms with Gasteiger partial charge in [0.15, 0.2) is 5.13 Å². The maximum atomic E-state index is 12.8. The van der Waals surface area contributed by atoms with Crippen molar-refractivity contribution >= 4 is 57.2 Å². The van der Waals surface area contributed by atoms with E-state index >= 15 is 0 Å². The molecule has 0 spiro atoms. The number of halogens is 2. The molecule has 1 saturated carbocycles. The van der Waals surface area contributed by atoms with Gasteiger partial charge >= 0.3 is 0 Å². The number of anilines is 2. The van der Waals surface area contributed by atoms with Gasteiger partial charge in [0.2, 0.25) is 5.91 Å². The lowest BCUT2D eigenvalue weighted by molar-refractivity contribution is -0.122. The first kappa shape index (κ1) is 20.4. The van der Waals surface area contributed by atoms with Crippen molar-refractivity contribution in [2.24, 2.45) is 0 Å². The number of rotatable bonds is 6. The lowest BCUT2D eigenvalue weighted by Gasteiger charge is -2.33. The van der Waals surface area contributed by atoms with Crippen molar-refractivity contribution in [2.75, 3.05) is 38.0 Å². The molecule has 0 radical (unpaired) electrons. The minimum Gasteiger partial charge on any atom is -0.352 e. The van der Waals surface area contributed by atoms with E-state index < -0.39 is 0 Å². The lowest BCUT2D eigenvalue weighted by atomic mass is 10.3. The quantitative estimate of drug-likeness (QED) is 0.701. The molecule has 0 atom stereocenters. The molecule has 4 rings (SSSR count). The summed E-state index contributed by atoms with van der Waals surface area (Å²) >= 11 is 13.3. The van der Waals surface area contributed by atoms with E-state index in [1.807, 2.05) is 0 Å². The molecule has 7 nitrogen and oxygen atoms in total. The topological polar surface area (TPSA) is 77.6 Å². The third kappa shape index (κ3) is 5.39. The highest BCUT2D eigenvalue weighted by Gasteiger charge is 2.27. The average molecular weight is 454 g/mol. The summed E-state index contributed by atoms with van der Waals surface area (Å²) in [4.78, 5) is 32.9. The number of carbonyl (C=O) groups excluding carboxylic acids is 2. The molecule has 10 heteroatoms. The fourth-order valence-electron chi connectivity index (χ4n) is 3.10. The first-order chi connectivity index (χ1) is 14.0. The van der Waals surface area contributed by atoms with Crippen LogP contribution in [0.5, 0.6) is 0 Å². The Morgan fingerprint density at radius 3 is 2.59 bits per heavy atom. The molecule has 1 saturated heterocycles. The Balaban J connectivity index is 1.28. The van der Waals surface area contributed by atoms with Crippen molar-refractivity contribution in [3.63, 3.8) is 0 Å². The number of amides is 2. The molecular formula is C19H21Cl2N5O2S. The molecule has 1 aliphatic heterocycles. The molecule has 154 valence electrons. The summed E-state index contributed by atoms with van der Waals surface area (Å²) in [6.07, 6.45) is 2.17. The third-order valence-corrected chi connectivity index (χ3v) is 6.36. The lowest BCUT2D eigenvalue weighted by Crippen LogP contribution is -2.51. The van der Waals surface area contributed by atoms with Crippen LogP contribution in [-0.4, -0.2) is 65.4 Å². The van der Waals surface area contributed by atoms with E-state index in [9.17, 15) is 9.59 Å². The Morgan fingerprint density at radius 2 is 1.90 bits per heavy atom. The minimum absolute atomic E-state index is 0.0739. The minimum atomic E-state index is -0.0921. The number of benzene rings is 1. The Labute approximate surface area is 183 Å². The monoisotopic (exact) mass is 453 g/mol. The fraction of sp³-hybridized carbons (Fsp3) is 0.421. The molecule has 2 N–H and O–H groups in total. The normalized spacial score (nSPS) is 17.2. The van der Waals surface area contributed by atoms with E-state index in [1.165, 1.54) is 11.3 Å². The molecule has 2 aliphatic rings. The molecule has 2 heterocycles. The van der Waals surface area contributed by atoms with Crippen molar-refractivity contribution in [1.82, 2.24) is 20.1 Å². The second-order valence-electron chi connectivity index (χ2n) is 7.20. The van der Waals surface area contributed by atoms with Gasteiger partial charge in [0.05, 0.1) is 16.6 Å². The number of nitrogens with one attached hydrogen (secondary N) is 2. The predicted octanol–water partition coefficient (Wildman–Crippen LogP) is 3.23. The zero-order valence-electron chi connectivity index (χ0n) is 15.7. The number of aromatic nitrogens is 1. The van der Waals surface area contributed by atoms with E-state index in [-0.39, 0.29) is 11.8 Å². The molecular weight excluding hydrogens is 433 g/mol. The second kappa shape index (κ2) is 8.87. The number of nitrogens with zero attached hydrogens (tertiary/aromatic N) is 3. The first-order valence-electron chi connectivity index (χ1n) is 9.46. The molecule has 1 aromatic heterocycles. The van der Waals surface area contributed by atoms with Gasteiger partial charge in [-0.05, 0) is 31.0 Å². The number of hydrogen-bond donors (Lipinski definition) is 2. The molecule has 0 unspecified atom stereocenters. The number of piperazine rings is 1. The second-order valence-corrected chi connectivity index (χ2v) is 8.87. The van der Waals surface area contributed by atoms with E-state index in [1.54, 1.807) is 28.5 Å². The maximum Gasteiger partial charge on any atom is 0.273 e. The average Bonchev–Trinajstić information content (AvgIpc) is 3.39. The highest BCUT2D eigenvalue weighted by Crippen LogP contribution is 2.28.